The zero-order valence-corrected chi connectivity index (χ0v) is 22.9. The highest BCUT2D eigenvalue weighted by atomic mass is 16.5. The highest BCUT2D eigenvalue weighted by Gasteiger charge is 2.10. The summed E-state index contributed by atoms with van der Waals surface area (Å²) in [4.78, 5) is 11.4. The molecule has 37 heavy (non-hydrogen) atoms. The molecule has 0 aliphatic carbocycles. The van der Waals surface area contributed by atoms with Crippen LogP contribution in [0.5, 0.6) is 5.75 Å². The molecule has 0 radical (unpaired) electrons. The summed E-state index contributed by atoms with van der Waals surface area (Å²) in [7, 11) is 3.76. The fraction of sp³-hybridized carbons (Fsp3) is 0.400. The van der Waals surface area contributed by atoms with E-state index in [4.69, 9.17) is 14.6 Å². The van der Waals surface area contributed by atoms with Gasteiger partial charge in [0.15, 0.2) is 0 Å². The number of likely N-dealkylation sites (N-methyl/N-ethyl adjacent to an activating group) is 1. The average molecular weight is 507 g/mol. The van der Waals surface area contributed by atoms with Gasteiger partial charge in [0.1, 0.15) is 5.75 Å². The number of aryl methyl sites for hydroxylation is 1. The van der Waals surface area contributed by atoms with Crippen molar-refractivity contribution in [2.24, 2.45) is 9.98 Å². The van der Waals surface area contributed by atoms with Crippen molar-refractivity contribution in [2.45, 2.75) is 40.2 Å². The van der Waals surface area contributed by atoms with Crippen LogP contribution < -0.4 is 10.1 Å². The maximum Gasteiger partial charge on any atom is 0.227 e. The third-order valence-corrected chi connectivity index (χ3v) is 5.21. The normalized spacial score (nSPS) is 12.0. The molecule has 0 bridgehead atoms. The molecular formula is C30H42N4O3. The molecule has 0 spiro atoms. The van der Waals surface area contributed by atoms with Crippen molar-refractivity contribution in [1.29, 1.82) is 0 Å². The topological polar surface area (TPSA) is 78.7 Å². The summed E-state index contributed by atoms with van der Waals surface area (Å²) in [6.45, 7) is 8.95. The Hall–Kier alpha value is -3.26. The van der Waals surface area contributed by atoms with Gasteiger partial charge in [0.05, 0.1) is 6.61 Å². The van der Waals surface area contributed by atoms with Gasteiger partial charge in [-0.3, -0.25) is 4.90 Å². The molecule has 200 valence electrons. The second-order valence-electron chi connectivity index (χ2n) is 9.15. The highest BCUT2D eigenvalue weighted by molar-refractivity contribution is 6.01. The van der Waals surface area contributed by atoms with Crippen molar-refractivity contribution in [3.05, 3.63) is 83.1 Å². The van der Waals surface area contributed by atoms with E-state index in [0.717, 1.165) is 41.1 Å². The van der Waals surface area contributed by atoms with Crippen LogP contribution in [0, 0.1) is 6.92 Å². The number of aliphatic imine (C=N–C) groups is 2. The maximum atomic E-state index is 8.99. The minimum atomic E-state index is 0.163. The standard InChI is InChI=1S/C30H42N4O3/c1-24(2)21-31-30(32-22-26-12-9-11-25(3)19-26)33-28-13-14-29(37-18-10-17-36-5)27(20-28)23-34(4)15-7-6-8-16-35/h6-7,9,11-14,19-22,35H,8,10,15-18,23H2,1-5H3,(H,31,33)/b7-6+,32-22+. The van der Waals surface area contributed by atoms with Gasteiger partial charge in [-0.15, -0.1) is 0 Å². The lowest BCUT2D eigenvalue weighted by atomic mass is 10.1. The van der Waals surface area contributed by atoms with E-state index < -0.39 is 0 Å². The summed E-state index contributed by atoms with van der Waals surface area (Å²) >= 11 is 0. The summed E-state index contributed by atoms with van der Waals surface area (Å²) < 4.78 is 11.2. The first kappa shape index (κ1) is 30.0. The third kappa shape index (κ3) is 12.5. The van der Waals surface area contributed by atoms with Crippen LogP contribution in [0.2, 0.25) is 0 Å². The van der Waals surface area contributed by atoms with Crippen molar-refractivity contribution in [3.8, 4) is 5.75 Å². The highest BCUT2D eigenvalue weighted by Crippen LogP contribution is 2.25. The van der Waals surface area contributed by atoms with Crippen LogP contribution in [0.4, 0.5) is 5.69 Å². The summed E-state index contributed by atoms with van der Waals surface area (Å²) in [5.74, 6) is 1.35. The molecule has 2 rings (SSSR count). The van der Waals surface area contributed by atoms with Gasteiger partial charge in [0, 0.05) is 63.5 Å². The average Bonchev–Trinajstić information content (AvgIpc) is 2.87. The first-order valence-electron chi connectivity index (χ1n) is 12.7. The van der Waals surface area contributed by atoms with Crippen molar-refractivity contribution in [3.63, 3.8) is 0 Å². The first-order chi connectivity index (χ1) is 17.9. The van der Waals surface area contributed by atoms with E-state index in [1.807, 2.05) is 50.4 Å². The van der Waals surface area contributed by atoms with E-state index in [9.17, 15) is 0 Å². The van der Waals surface area contributed by atoms with Crippen molar-refractivity contribution in [1.82, 2.24) is 4.90 Å². The van der Waals surface area contributed by atoms with Gasteiger partial charge in [0.2, 0.25) is 5.96 Å². The lowest BCUT2D eigenvalue weighted by Crippen LogP contribution is -2.19. The summed E-state index contributed by atoms with van der Waals surface area (Å²) in [6, 6.07) is 14.2. The fourth-order valence-corrected chi connectivity index (χ4v) is 3.41. The molecule has 0 fully saturated rings. The van der Waals surface area contributed by atoms with E-state index in [-0.39, 0.29) is 6.61 Å². The molecule has 0 heterocycles. The van der Waals surface area contributed by atoms with Gasteiger partial charge in [0.25, 0.3) is 0 Å². The summed E-state index contributed by atoms with van der Waals surface area (Å²) in [5.41, 5.74) is 5.22. The number of aliphatic hydroxyl groups excluding tert-OH is 1. The molecule has 7 nitrogen and oxygen atoms in total. The molecule has 0 saturated heterocycles. The van der Waals surface area contributed by atoms with Gasteiger partial charge in [-0.1, -0.05) is 47.6 Å². The summed E-state index contributed by atoms with van der Waals surface area (Å²) in [6.07, 6.45) is 9.17. The Labute approximate surface area is 222 Å². The van der Waals surface area contributed by atoms with E-state index in [0.29, 0.717) is 32.1 Å². The van der Waals surface area contributed by atoms with Gasteiger partial charge in [-0.25, -0.2) is 9.98 Å². The van der Waals surface area contributed by atoms with Crippen molar-refractivity contribution >= 4 is 17.9 Å². The van der Waals surface area contributed by atoms with Crippen LogP contribution in [0.25, 0.3) is 0 Å². The number of rotatable bonds is 14. The molecule has 2 aromatic rings. The number of nitrogens with zero attached hydrogens (tertiary/aromatic N) is 3. The molecule has 0 aliphatic heterocycles. The zero-order chi connectivity index (χ0) is 26.9. The molecule has 7 heteroatoms. The Morgan fingerprint density at radius 3 is 2.68 bits per heavy atom. The number of nitrogens with one attached hydrogen (secondary N) is 1. The number of guanidine groups is 1. The van der Waals surface area contributed by atoms with Crippen LogP contribution >= 0.6 is 0 Å². The van der Waals surface area contributed by atoms with Crippen LogP contribution in [-0.4, -0.2) is 62.7 Å². The monoisotopic (exact) mass is 506 g/mol. The lowest BCUT2D eigenvalue weighted by molar-refractivity contribution is 0.171. The van der Waals surface area contributed by atoms with E-state index >= 15 is 0 Å². The Kier molecular flexibility index (Phi) is 14.0. The van der Waals surface area contributed by atoms with Crippen LogP contribution in [0.1, 0.15) is 43.4 Å². The molecular weight excluding hydrogens is 464 g/mol. The molecule has 0 atom stereocenters. The van der Waals surface area contributed by atoms with Crippen LogP contribution in [-0.2, 0) is 11.3 Å². The van der Waals surface area contributed by atoms with Gasteiger partial charge in [-0.2, -0.15) is 0 Å². The van der Waals surface area contributed by atoms with E-state index in [1.54, 1.807) is 13.3 Å². The van der Waals surface area contributed by atoms with Crippen LogP contribution in [0.3, 0.4) is 0 Å². The second-order valence-corrected chi connectivity index (χ2v) is 9.15. The Morgan fingerprint density at radius 1 is 1.11 bits per heavy atom. The first-order valence-corrected chi connectivity index (χ1v) is 12.7. The smallest absolute Gasteiger partial charge is 0.227 e. The van der Waals surface area contributed by atoms with Crippen molar-refractivity contribution in [2.75, 3.05) is 45.8 Å². The molecule has 0 saturated carbocycles. The Morgan fingerprint density at radius 2 is 1.95 bits per heavy atom. The molecule has 0 amide bonds. The van der Waals surface area contributed by atoms with Crippen LogP contribution in [0.15, 0.2) is 76.4 Å². The zero-order valence-electron chi connectivity index (χ0n) is 22.9. The maximum absolute atomic E-state index is 8.99. The van der Waals surface area contributed by atoms with E-state index in [1.165, 1.54) is 5.56 Å². The minimum absolute atomic E-state index is 0.163. The number of hydrogen-bond donors (Lipinski definition) is 2. The Balaban J connectivity index is 2.26. The van der Waals surface area contributed by atoms with Gasteiger partial charge < -0.3 is 19.9 Å². The number of ether oxygens (including phenoxy) is 2. The predicted octanol–water partition coefficient (Wildman–Crippen LogP) is 5.59. The second kappa shape index (κ2) is 17.2. The number of aliphatic hydroxyl groups is 1. The number of benzene rings is 2. The third-order valence-electron chi connectivity index (χ3n) is 5.21. The minimum Gasteiger partial charge on any atom is -0.493 e. The molecule has 0 aliphatic rings. The van der Waals surface area contributed by atoms with Gasteiger partial charge in [-0.05, 0) is 58.0 Å². The quantitative estimate of drug-likeness (QED) is 0.151. The number of allylic oxidation sites excluding steroid dienone is 1. The SMILES string of the molecule is COCCCOc1ccc(NC(=NC=C(C)C)/N=C/c2cccc(C)c2)cc1CN(C)C/C=C/CCO. The Bertz CT molecular complexity index is 1070. The summed E-state index contributed by atoms with van der Waals surface area (Å²) in [5, 5.41) is 12.4. The molecule has 0 unspecified atom stereocenters. The fourth-order valence-electron chi connectivity index (χ4n) is 3.41. The van der Waals surface area contributed by atoms with Gasteiger partial charge >= 0.3 is 0 Å². The largest absolute Gasteiger partial charge is 0.493 e. The number of methoxy groups -OCH3 is 1. The molecule has 0 aromatic heterocycles. The lowest BCUT2D eigenvalue weighted by Gasteiger charge is -2.19. The predicted molar refractivity (Wildman–Crippen MR) is 155 cm³/mol. The molecule has 2 N–H and O–H groups in total. The number of anilines is 1. The number of hydrogen-bond acceptors (Lipinski definition) is 5. The van der Waals surface area contributed by atoms with Crippen molar-refractivity contribution < 1.29 is 14.6 Å². The molecule has 2 aromatic carbocycles. The van der Waals surface area contributed by atoms with E-state index in [2.05, 4.69) is 58.4 Å².